The van der Waals surface area contributed by atoms with E-state index < -0.39 is 16.0 Å². The van der Waals surface area contributed by atoms with Crippen LogP contribution < -0.4 is 0 Å². The molecule has 0 bridgehead atoms. The predicted octanol–water partition coefficient (Wildman–Crippen LogP) is 4.13. The van der Waals surface area contributed by atoms with Gasteiger partial charge in [0, 0.05) is 0 Å². The molecule has 0 aromatic heterocycles. The van der Waals surface area contributed by atoms with E-state index in [4.69, 9.17) is 0 Å². The summed E-state index contributed by atoms with van der Waals surface area (Å²) in [7, 11) is 0. The summed E-state index contributed by atoms with van der Waals surface area (Å²) in [6.45, 7) is 0. The van der Waals surface area contributed by atoms with E-state index >= 15 is 0 Å². The van der Waals surface area contributed by atoms with Crippen LogP contribution in [0.2, 0.25) is 0 Å². The molecule has 0 heterocycles. The van der Waals surface area contributed by atoms with Gasteiger partial charge >= 0.3 is 106 Å². The van der Waals surface area contributed by atoms with Crippen molar-refractivity contribution in [2.24, 2.45) is 0 Å². The molecule has 0 spiro atoms. The van der Waals surface area contributed by atoms with Gasteiger partial charge in [0.05, 0.1) is 0 Å². The third-order valence-corrected chi connectivity index (χ3v) is 2.89. The zero-order valence-electron chi connectivity index (χ0n) is 9.25. The molecule has 0 radical (unpaired) electrons. The van der Waals surface area contributed by atoms with Gasteiger partial charge in [-0.25, -0.2) is 0 Å². The van der Waals surface area contributed by atoms with E-state index in [1.165, 1.54) is 0 Å². The molecule has 5 heteroatoms. The Bertz CT molecular complexity index is 145. The normalized spacial score (nSPS) is 14.3. The average molecular weight is 236 g/mol. The van der Waals surface area contributed by atoms with Gasteiger partial charge in [0.2, 0.25) is 0 Å². The van der Waals surface area contributed by atoms with Crippen molar-refractivity contribution < 1.29 is 17.6 Å². The van der Waals surface area contributed by atoms with E-state index in [0.29, 0.717) is 40.8 Å². The Morgan fingerprint density at radius 2 is 1.33 bits per heavy atom. The van der Waals surface area contributed by atoms with Gasteiger partial charge in [-0.05, 0) is 0 Å². The van der Waals surface area contributed by atoms with E-state index in [2.05, 4.69) is 0 Å². The van der Waals surface area contributed by atoms with E-state index in [-0.39, 0.29) is 6.42 Å². The summed E-state index contributed by atoms with van der Waals surface area (Å²) in [5, 5.41) is 0. The van der Waals surface area contributed by atoms with E-state index in [1.807, 2.05) is 0 Å². The average Bonchev–Trinajstić information content (AvgIpc) is 2.07. The Labute approximate surface area is 106 Å². The minimum atomic E-state index is -4.01. The zero-order chi connectivity index (χ0) is 11.7. The second-order valence-corrected chi connectivity index (χ2v) is 5.31. The first kappa shape index (κ1) is 15.7. The van der Waals surface area contributed by atoms with Crippen LogP contribution in [-0.2, 0) is 0 Å². The monoisotopic (exact) mass is 236 g/mol. The molecule has 1 atom stereocenters. The molecular formula is C10H17F4Na. The first-order valence-electron chi connectivity index (χ1n) is 5.62. The van der Waals surface area contributed by atoms with Crippen LogP contribution in [-0.4, -0.2) is 37.5 Å². The van der Waals surface area contributed by atoms with Crippen molar-refractivity contribution >= 4 is 27.9 Å². The van der Waals surface area contributed by atoms with Gasteiger partial charge in [0.25, 0.3) is 0 Å². The number of unbranched alkanes of at least 4 members (excludes halogenated alkanes) is 5. The Morgan fingerprint density at radius 1 is 0.867 bits per heavy atom. The molecule has 0 aliphatic rings. The number of alkyl halides is 4. The molecule has 0 saturated heterocycles. The summed E-state index contributed by atoms with van der Waals surface area (Å²) >= 11 is 0.592. The van der Waals surface area contributed by atoms with E-state index in [9.17, 15) is 17.6 Å². The minimum absolute atomic E-state index is 0.232. The molecule has 86 valence electrons. The molecule has 0 saturated carbocycles. The third kappa shape index (κ3) is 14.7. The third-order valence-electron chi connectivity index (χ3n) is 2.31. The van der Waals surface area contributed by atoms with Gasteiger partial charge < -0.3 is 0 Å². The molecular weight excluding hydrogens is 219 g/mol. The summed E-state index contributed by atoms with van der Waals surface area (Å²) in [6.07, 6.45) is 0.442. The van der Waals surface area contributed by atoms with Crippen LogP contribution in [0.4, 0.5) is 17.6 Å². The standard InChI is InChI=1S/C10H17F4.Na/c11-9-7-5-3-1-2-4-6-8-10(12,13)14;/h9H,1-8H2;. The molecule has 0 amide bonds. The second kappa shape index (κ2) is 8.82. The molecule has 0 aliphatic carbocycles. The van der Waals surface area contributed by atoms with Gasteiger partial charge in [-0.2, -0.15) is 0 Å². The van der Waals surface area contributed by atoms with Crippen molar-refractivity contribution in [3.8, 4) is 0 Å². The van der Waals surface area contributed by atoms with Gasteiger partial charge in [-0.1, -0.05) is 0 Å². The molecule has 0 aliphatic heterocycles. The van der Waals surface area contributed by atoms with Crippen molar-refractivity contribution in [3.63, 3.8) is 0 Å². The summed E-state index contributed by atoms with van der Waals surface area (Å²) in [4.78, 5) is 0. The van der Waals surface area contributed by atoms with Crippen molar-refractivity contribution in [1.29, 1.82) is 0 Å². The van der Waals surface area contributed by atoms with Crippen LogP contribution in [0.25, 0.3) is 0 Å². The van der Waals surface area contributed by atoms with Crippen molar-refractivity contribution in [3.05, 3.63) is 0 Å². The van der Waals surface area contributed by atoms with Crippen molar-refractivity contribution in [2.45, 2.75) is 61.0 Å². The fourth-order valence-corrected chi connectivity index (χ4v) is 1.87. The first-order chi connectivity index (χ1) is 6.92. The summed E-state index contributed by atoms with van der Waals surface area (Å²) in [5.41, 5.74) is 0. The Hall–Kier alpha value is 0.720. The number of rotatable bonds is 8. The SMILES string of the molecule is F[CH]([Na])CCCCCCCCC(F)(F)F. The van der Waals surface area contributed by atoms with Gasteiger partial charge in [-0.3, -0.25) is 0 Å². The number of hydrogen-bond acceptors (Lipinski definition) is 0. The maximum atomic E-state index is 12.4. The Morgan fingerprint density at radius 3 is 1.80 bits per heavy atom. The van der Waals surface area contributed by atoms with E-state index in [1.54, 1.807) is 0 Å². The van der Waals surface area contributed by atoms with Crippen LogP contribution in [0.15, 0.2) is 0 Å². The first-order valence-corrected chi connectivity index (χ1v) is 6.78. The molecule has 0 nitrogen and oxygen atoms in total. The summed E-state index contributed by atoms with van der Waals surface area (Å²) in [5.74, 6) is 0. The predicted molar refractivity (Wildman–Crippen MR) is 53.6 cm³/mol. The molecule has 15 heavy (non-hydrogen) atoms. The number of halogens is 4. The molecule has 0 N–H and O–H groups in total. The Kier molecular flexibility index (Phi) is 9.25. The van der Waals surface area contributed by atoms with Crippen LogP contribution in [0.1, 0.15) is 51.4 Å². The molecule has 0 rings (SSSR count). The maximum absolute atomic E-state index is 12.4. The second-order valence-electron chi connectivity index (χ2n) is 4.06. The topological polar surface area (TPSA) is 0 Å². The number of hydrogen-bond donors (Lipinski definition) is 0. The van der Waals surface area contributed by atoms with Crippen molar-refractivity contribution in [1.82, 2.24) is 0 Å². The van der Waals surface area contributed by atoms with Crippen LogP contribution in [0.3, 0.4) is 0 Å². The Balaban J connectivity index is 3.06. The van der Waals surface area contributed by atoms with Gasteiger partial charge in [-0.15, -0.1) is 0 Å². The van der Waals surface area contributed by atoms with Gasteiger partial charge in [0.15, 0.2) is 0 Å². The molecule has 0 aromatic carbocycles. The van der Waals surface area contributed by atoms with Crippen LogP contribution in [0.5, 0.6) is 0 Å². The van der Waals surface area contributed by atoms with Crippen LogP contribution in [0, 0.1) is 0 Å². The molecule has 0 fully saturated rings. The molecule has 0 aromatic rings. The van der Waals surface area contributed by atoms with Crippen LogP contribution >= 0.6 is 0 Å². The van der Waals surface area contributed by atoms with Gasteiger partial charge in [0.1, 0.15) is 0 Å². The fourth-order valence-electron chi connectivity index (χ4n) is 1.46. The summed E-state index contributed by atoms with van der Waals surface area (Å²) < 4.78 is 47.0. The summed E-state index contributed by atoms with van der Waals surface area (Å²) in [6, 6.07) is 0. The zero-order valence-corrected chi connectivity index (χ0v) is 11.2. The molecule has 1 unspecified atom stereocenters. The quantitative estimate of drug-likeness (QED) is 0.337. The van der Waals surface area contributed by atoms with E-state index in [0.717, 1.165) is 25.7 Å². The fraction of sp³-hybridized carbons (Fsp3) is 1.00. The van der Waals surface area contributed by atoms with Crippen molar-refractivity contribution in [2.75, 3.05) is 0 Å².